The lowest BCUT2D eigenvalue weighted by Crippen LogP contribution is -1.89. The highest BCUT2D eigenvalue weighted by Gasteiger charge is 2.00. The number of aliphatic hydroxyl groups is 1. The Morgan fingerprint density at radius 1 is 0.682 bits per heavy atom. The SMILES string of the molecule is OCc1ccccc1SCCCCCCSc1ccccc1. The molecule has 3 heteroatoms. The van der Waals surface area contributed by atoms with E-state index in [0.29, 0.717) is 0 Å². The average Bonchev–Trinajstić information content (AvgIpc) is 2.58. The summed E-state index contributed by atoms with van der Waals surface area (Å²) in [4.78, 5) is 2.60. The molecule has 2 aromatic rings. The normalized spacial score (nSPS) is 10.8. The van der Waals surface area contributed by atoms with Crippen LogP contribution in [0.25, 0.3) is 0 Å². The minimum absolute atomic E-state index is 0.139. The van der Waals surface area contributed by atoms with Crippen LogP contribution in [0.15, 0.2) is 64.4 Å². The van der Waals surface area contributed by atoms with Gasteiger partial charge >= 0.3 is 0 Å². The van der Waals surface area contributed by atoms with Crippen molar-refractivity contribution in [2.45, 2.75) is 42.1 Å². The first-order chi connectivity index (χ1) is 10.9. The third-order valence-electron chi connectivity index (χ3n) is 3.45. The third-order valence-corrected chi connectivity index (χ3v) is 5.75. The molecule has 0 spiro atoms. The molecule has 1 N–H and O–H groups in total. The van der Waals surface area contributed by atoms with Crippen molar-refractivity contribution in [1.82, 2.24) is 0 Å². The molecule has 0 aliphatic heterocycles. The minimum Gasteiger partial charge on any atom is -0.392 e. The Bertz CT molecular complexity index is 528. The summed E-state index contributed by atoms with van der Waals surface area (Å²) in [7, 11) is 0. The van der Waals surface area contributed by atoms with Crippen molar-refractivity contribution in [1.29, 1.82) is 0 Å². The Morgan fingerprint density at radius 2 is 1.32 bits per heavy atom. The van der Waals surface area contributed by atoms with Crippen LogP contribution in [0, 0.1) is 0 Å². The van der Waals surface area contributed by atoms with Crippen molar-refractivity contribution in [3.63, 3.8) is 0 Å². The molecule has 0 fully saturated rings. The number of aliphatic hydroxyl groups excluding tert-OH is 1. The van der Waals surface area contributed by atoms with Crippen molar-refractivity contribution < 1.29 is 5.11 Å². The minimum atomic E-state index is 0.139. The Kier molecular flexibility index (Phi) is 8.54. The van der Waals surface area contributed by atoms with Crippen LogP contribution in [-0.4, -0.2) is 16.6 Å². The number of rotatable bonds is 10. The molecule has 0 atom stereocenters. The van der Waals surface area contributed by atoms with Crippen LogP contribution in [0.4, 0.5) is 0 Å². The molecule has 0 aliphatic rings. The van der Waals surface area contributed by atoms with Gasteiger partial charge in [-0.2, -0.15) is 0 Å². The molecule has 0 saturated heterocycles. The standard InChI is InChI=1S/C19H24OS2/c20-16-17-10-6-7-13-19(17)22-15-9-2-1-8-14-21-18-11-4-3-5-12-18/h3-7,10-13,20H,1-2,8-9,14-16H2. The van der Waals surface area contributed by atoms with Gasteiger partial charge in [-0.25, -0.2) is 0 Å². The quantitative estimate of drug-likeness (QED) is 0.450. The number of benzene rings is 2. The molecule has 0 aliphatic carbocycles. The Labute approximate surface area is 142 Å². The summed E-state index contributed by atoms with van der Waals surface area (Å²) in [6, 6.07) is 18.8. The zero-order valence-corrected chi connectivity index (χ0v) is 14.5. The van der Waals surface area contributed by atoms with E-state index in [9.17, 15) is 5.11 Å². The van der Waals surface area contributed by atoms with E-state index in [2.05, 4.69) is 36.4 Å². The maximum absolute atomic E-state index is 9.30. The predicted octanol–water partition coefficient (Wildman–Crippen LogP) is 5.62. The molecule has 0 amide bonds. The van der Waals surface area contributed by atoms with Gasteiger partial charge in [0, 0.05) is 9.79 Å². The van der Waals surface area contributed by atoms with Crippen LogP contribution in [0.1, 0.15) is 31.2 Å². The molecule has 0 aromatic heterocycles. The molecule has 0 unspecified atom stereocenters. The van der Waals surface area contributed by atoms with Crippen LogP contribution in [-0.2, 0) is 6.61 Å². The molecular formula is C19H24OS2. The molecule has 0 saturated carbocycles. The molecular weight excluding hydrogens is 308 g/mol. The van der Waals surface area contributed by atoms with E-state index in [4.69, 9.17) is 0 Å². The Morgan fingerprint density at radius 3 is 2.05 bits per heavy atom. The topological polar surface area (TPSA) is 20.2 Å². The molecule has 2 rings (SSSR count). The second-order valence-corrected chi connectivity index (χ2v) is 7.50. The van der Waals surface area contributed by atoms with Crippen LogP contribution in [0.2, 0.25) is 0 Å². The van der Waals surface area contributed by atoms with E-state index in [1.165, 1.54) is 41.2 Å². The number of thioether (sulfide) groups is 2. The summed E-state index contributed by atoms with van der Waals surface area (Å²) >= 11 is 3.82. The molecule has 0 bridgehead atoms. The van der Waals surface area contributed by atoms with E-state index >= 15 is 0 Å². The van der Waals surface area contributed by atoms with Crippen LogP contribution in [0.3, 0.4) is 0 Å². The first-order valence-corrected chi connectivity index (χ1v) is 9.86. The van der Waals surface area contributed by atoms with Crippen LogP contribution < -0.4 is 0 Å². The first-order valence-electron chi connectivity index (χ1n) is 7.89. The van der Waals surface area contributed by atoms with E-state index in [1.807, 2.05) is 41.7 Å². The summed E-state index contributed by atoms with van der Waals surface area (Å²) in [6.07, 6.45) is 5.14. The second-order valence-electron chi connectivity index (χ2n) is 5.19. The first kappa shape index (κ1) is 17.5. The zero-order chi connectivity index (χ0) is 15.5. The lowest BCUT2D eigenvalue weighted by Gasteiger charge is -2.06. The van der Waals surface area contributed by atoms with Crippen molar-refractivity contribution in [2.24, 2.45) is 0 Å². The second kappa shape index (κ2) is 10.8. The van der Waals surface area contributed by atoms with Gasteiger partial charge < -0.3 is 5.11 Å². The maximum Gasteiger partial charge on any atom is 0.0692 e. The maximum atomic E-state index is 9.30. The van der Waals surface area contributed by atoms with Crippen molar-refractivity contribution in [2.75, 3.05) is 11.5 Å². The van der Waals surface area contributed by atoms with Crippen molar-refractivity contribution in [3.8, 4) is 0 Å². The van der Waals surface area contributed by atoms with Gasteiger partial charge in [0.05, 0.1) is 6.61 Å². The number of unbranched alkanes of at least 4 members (excludes halogenated alkanes) is 3. The van der Waals surface area contributed by atoms with E-state index in [1.54, 1.807) is 0 Å². The van der Waals surface area contributed by atoms with Gasteiger partial charge in [-0.1, -0.05) is 49.2 Å². The third kappa shape index (κ3) is 6.47. The molecule has 118 valence electrons. The summed E-state index contributed by atoms with van der Waals surface area (Å²) < 4.78 is 0. The largest absolute Gasteiger partial charge is 0.392 e. The highest BCUT2D eigenvalue weighted by molar-refractivity contribution is 7.99. The summed E-state index contributed by atoms with van der Waals surface area (Å²) in [6.45, 7) is 0.139. The van der Waals surface area contributed by atoms with E-state index in [-0.39, 0.29) is 6.61 Å². The summed E-state index contributed by atoms with van der Waals surface area (Å²) in [5.41, 5.74) is 1.05. The Balaban J connectivity index is 1.51. The lowest BCUT2D eigenvalue weighted by molar-refractivity contribution is 0.279. The lowest BCUT2D eigenvalue weighted by atomic mass is 10.2. The van der Waals surface area contributed by atoms with Gasteiger partial charge in [-0.3, -0.25) is 0 Å². The van der Waals surface area contributed by atoms with Gasteiger partial charge in [0.1, 0.15) is 0 Å². The van der Waals surface area contributed by atoms with Crippen LogP contribution in [0.5, 0.6) is 0 Å². The van der Waals surface area contributed by atoms with Gasteiger partial charge in [0.15, 0.2) is 0 Å². The fourth-order valence-electron chi connectivity index (χ4n) is 2.22. The van der Waals surface area contributed by atoms with Crippen molar-refractivity contribution in [3.05, 3.63) is 60.2 Å². The monoisotopic (exact) mass is 332 g/mol. The molecule has 1 nitrogen and oxygen atoms in total. The van der Waals surface area contributed by atoms with E-state index in [0.717, 1.165) is 11.3 Å². The van der Waals surface area contributed by atoms with Gasteiger partial charge in [-0.05, 0) is 48.1 Å². The fraction of sp³-hybridized carbons (Fsp3) is 0.368. The number of hydrogen-bond acceptors (Lipinski definition) is 3. The fourth-order valence-corrected chi connectivity index (χ4v) is 4.22. The summed E-state index contributed by atoms with van der Waals surface area (Å²) in [5, 5.41) is 9.30. The summed E-state index contributed by atoms with van der Waals surface area (Å²) in [5.74, 6) is 2.35. The highest BCUT2D eigenvalue weighted by atomic mass is 32.2. The zero-order valence-electron chi connectivity index (χ0n) is 12.9. The molecule has 2 aromatic carbocycles. The number of hydrogen-bond donors (Lipinski definition) is 1. The van der Waals surface area contributed by atoms with Gasteiger partial charge in [0.25, 0.3) is 0 Å². The Hall–Kier alpha value is -0.900. The van der Waals surface area contributed by atoms with Crippen LogP contribution >= 0.6 is 23.5 Å². The molecule has 0 heterocycles. The smallest absolute Gasteiger partial charge is 0.0692 e. The molecule has 0 radical (unpaired) electrons. The molecule has 22 heavy (non-hydrogen) atoms. The van der Waals surface area contributed by atoms with Gasteiger partial charge in [-0.15, -0.1) is 23.5 Å². The van der Waals surface area contributed by atoms with Gasteiger partial charge in [0.2, 0.25) is 0 Å². The highest BCUT2D eigenvalue weighted by Crippen LogP contribution is 2.24. The average molecular weight is 333 g/mol. The van der Waals surface area contributed by atoms with Crippen molar-refractivity contribution >= 4 is 23.5 Å². The predicted molar refractivity (Wildman–Crippen MR) is 98.7 cm³/mol. The van der Waals surface area contributed by atoms with E-state index < -0.39 is 0 Å².